The highest BCUT2D eigenvalue weighted by Crippen LogP contribution is 2.19. The zero-order valence-corrected chi connectivity index (χ0v) is 9.73. The molecule has 1 aromatic rings. The number of aryl methyl sites for hydroxylation is 1. The number of thiazole rings is 1. The van der Waals surface area contributed by atoms with E-state index in [1.807, 2.05) is 20.0 Å². The summed E-state index contributed by atoms with van der Waals surface area (Å²) in [4.78, 5) is 17.1. The first-order valence-corrected chi connectivity index (χ1v) is 5.92. The molecule has 82 valence electrons. The van der Waals surface area contributed by atoms with Crippen LogP contribution in [0.5, 0.6) is 0 Å². The maximum atomic E-state index is 11.6. The smallest absolute Gasteiger partial charge is 0.226 e. The average molecular weight is 225 g/mol. The van der Waals surface area contributed by atoms with Gasteiger partial charge in [0.05, 0.1) is 12.0 Å². The molecule has 1 aliphatic rings. The number of carbonyl (C=O) groups excluding carboxylic acids is 1. The SMILES string of the molecule is Cc1cnc(C(C)NC(=O)C2CNC2)s1. The van der Waals surface area contributed by atoms with Gasteiger partial charge in [-0.15, -0.1) is 11.3 Å². The number of amides is 1. The van der Waals surface area contributed by atoms with Crippen LogP contribution >= 0.6 is 11.3 Å². The summed E-state index contributed by atoms with van der Waals surface area (Å²) in [5.41, 5.74) is 0. The number of hydrogen-bond donors (Lipinski definition) is 2. The van der Waals surface area contributed by atoms with Gasteiger partial charge in [0.2, 0.25) is 5.91 Å². The normalized spacial score (nSPS) is 18.3. The Labute approximate surface area is 93.1 Å². The minimum Gasteiger partial charge on any atom is -0.347 e. The molecule has 0 bridgehead atoms. The molecule has 0 radical (unpaired) electrons. The van der Waals surface area contributed by atoms with Gasteiger partial charge in [-0.05, 0) is 13.8 Å². The Morgan fingerprint density at radius 1 is 1.73 bits per heavy atom. The number of nitrogens with one attached hydrogen (secondary N) is 2. The summed E-state index contributed by atoms with van der Waals surface area (Å²) < 4.78 is 0. The third-order valence-corrected chi connectivity index (χ3v) is 3.62. The van der Waals surface area contributed by atoms with E-state index in [9.17, 15) is 4.79 Å². The lowest BCUT2D eigenvalue weighted by Gasteiger charge is -2.27. The Bertz CT molecular complexity index is 359. The highest BCUT2D eigenvalue weighted by atomic mass is 32.1. The van der Waals surface area contributed by atoms with Crippen molar-refractivity contribution in [3.05, 3.63) is 16.1 Å². The van der Waals surface area contributed by atoms with Crippen molar-refractivity contribution in [3.8, 4) is 0 Å². The van der Waals surface area contributed by atoms with Gasteiger partial charge in [0.1, 0.15) is 5.01 Å². The fraction of sp³-hybridized carbons (Fsp3) is 0.600. The molecule has 2 rings (SSSR count). The summed E-state index contributed by atoms with van der Waals surface area (Å²) >= 11 is 1.63. The minimum atomic E-state index is 0.0248. The lowest BCUT2D eigenvalue weighted by Crippen LogP contribution is -2.51. The first-order valence-electron chi connectivity index (χ1n) is 5.10. The molecule has 2 N–H and O–H groups in total. The Morgan fingerprint density at radius 2 is 2.47 bits per heavy atom. The second-order valence-electron chi connectivity index (χ2n) is 3.89. The molecular formula is C10H15N3OS. The molecular weight excluding hydrogens is 210 g/mol. The number of aromatic nitrogens is 1. The molecule has 2 heterocycles. The van der Waals surface area contributed by atoms with E-state index in [4.69, 9.17) is 0 Å². The molecule has 0 saturated carbocycles. The number of carbonyl (C=O) groups is 1. The molecule has 1 fully saturated rings. The summed E-state index contributed by atoms with van der Waals surface area (Å²) in [6.07, 6.45) is 1.84. The van der Waals surface area contributed by atoms with Crippen molar-refractivity contribution in [2.75, 3.05) is 13.1 Å². The Kier molecular flexibility index (Phi) is 3.02. The van der Waals surface area contributed by atoms with E-state index < -0.39 is 0 Å². The summed E-state index contributed by atoms with van der Waals surface area (Å²) in [5, 5.41) is 7.05. The molecule has 0 spiro atoms. The lowest BCUT2D eigenvalue weighted by molar-refractivity contribution is -0.127. The van der Waals surface area contributed by atoms with Crippen LogP contribution in [-0.2, 0) is 4.79 Å². The van der Waals surface area contributed by atoms with E-state index >= 15 is 0 Å². The van der Waals surface area contributed by atoms with E-state index in [1.165, 1.54) is 4.88 Å². The fourth-order valence-electron chi connectivity index (χ4n) is 1.44. The Hall–Kier alpha value is -0.940. The zero-order valence-electron chi connectivity index (χ0n) is 8.91. The van der Waals surface area contributed by atoms with Crippen molar-refractivity contribution < 1.29 is 4.79 Å². The van der Waals surface area contributed by atoms with Crippen LogP contribution in [0.2, 0.25) is 0 Å². The first-order chi connectivity index (χ1) is 7.16. The predicted octanol–water partition coefficient (Wildman–Crippen LogP) is 0.848. The molecule has 1 aliphatic heterocycles. The van der Waals surface area contributed by atoms with Crippen LogP contribution in [0.4, 0.5) is 0 Å². The van der Waals surface area contributed by atoms with Gasteiger partial charge in [-0.25, -0.2) is 4.98 Å². The second kappa shape index (κ2) is 4.28. The van der Waals surface area contributed by atoms with Gasteiger partial charge in [-0.1, -0.05) is 0 Å². The lowest BCUT2D eigenvalue weighted by atomic mass is 10.0. The van der Waals surface area contributed by atoms with E-state index in [2.05, 4.69) is 15.6 Å². The highest BCUT2D eigenvalue weighted by Gasteiger charge is 2.26. The van der Waals surface area contributed by atoms with Crippen molar-refractivity contribution in [2.24, 2.45) is 5.92 Å². The van der Waals surface area contributed by atoms with Crippen molar-refractivity contribution in [2.45, 2.75) is 19.9 Å². The van der Waals surface area contributed by atoms with E-state index in [1.54, 1.807) is 11.3 Å². The summed E-state index contributed by atoms with van der Waals surface area (Å²) in [6.45, 7) is 5.60. The van der Waals surface area contributed by atoms with Crippen LogP contribution in [0.25, 0.3) is 0 Å². The topological polar surface area (TPSA) is 54.0 Å². The quantitative estimate of drug-likeness (QED) is 0.802. The molecule has 1 unspecified atom stereocenters. The summed E-state index contributed by atoms with van der Waals surface area (Å²) in [7, 11) is 0. The third-order valence-electron chi connectivity index (χ3n) is 2.52. The molecule has 0 aliphatic carbocycles. The van der Waals surface area contributed by atoms with Gasteiger partial charge >= 0.3 is 0 Å². The van der Waals surface area contributed by atoms with E-state index in [0.29, 0.717) is 0 Å². The number of nitrogens with zero attached hydrogens (tertiary/aromatic N) is 1. The third kappa shape index (κ3) is 2.35. The summed E-state index contributed by atoms with van der Waals surface area (Å²) in [5.74, 6) is 0.280. The minimum absolute atomic E-state index is 0.0248. The van der Waals surface area contributed by atoms with E-state index in [0.717, 1.165) is 18.1 Å². The fourth-order valence-corrected chi connectivity index (χ4v) is 2.22. The highest BCUT2D eigenvalue weighted by molar-refractivity contribution is 7.11. The number of hydrogen-bond acceptors (Lipinski definition) is 4. The monoisotopic (exact) mass is 225 g/mol. The molecule has 1 amide bonds. The van der Waals surface area contributed by atoms with Crippen LogP contribution in [0.3, 0.4) is 0 Å². The van der Waals surface area contributed by atoms with Gasteiger partial charge < -0.3 is 10.6 Å². The van der Waals surface area contributed by atoms with Crippen molar-refractivity contribution >= 4 is 17.2 Å². The molecule has 5 heteroatoms. The maximum Gasteiger partial charge on any atom is 0.226 e. The largest absolute Gasteiger partial charge is 0.347 e. The van der Waals surface area contributed by atoms with Gasteiger partial charge in [0, 0.05) is 24.2 Å². The molecule has 1 aromatic heterocycles. The summed E-state index contributed by atoms with van der Waals surface area (Å²) in [6, 6.07) is 0.0248. The Morgan fingerprint density at radius 3 is 2.93 bits per heavy atom. The van der Waals surface area contributed by atoms with Gasteiger partial charge in [0.25, 0.3) is 0 Å². The average Bonchev–Trinajstić information content (AvgIpc) is 2.48. The molecule has 0 aromatic carbocycles. The predicted molar refractivity (Wildman–Crippen MR) is 59.8 cm³/mol. The Balaban J connectivity index is 1.91. The number of rotatable bonds is 3. The molecule has 1 saturated heterocycles. The molecule has 1 atom stereocenters. The second-order valence-corrected chi connectivity index (χ2v) is 5.16. The van der Waals surface area contributed by atoms with Gasteiger partial charge in [-0.3, -0.25) is 4.79 Å². The van der Waals surface area contributed by atoms with Gasteiger partial charge in [0.15, 0.2) is 0 Å². The van der Waals surface area contributed by atoms with Crippen LogP contribution in [0, 0.1) is 12.8 Å². The maximum absolute atomic E-state index is 11.6. The zero-order chi connectivity index (χ0) is 10.8. The first kappa shape index (κ1) is 10.6. The van der Waals surface area contributed by atoms with Crippen molar-refractivity contribution in [1.29, 1.82) is 0 Å². The molecule has 15 heavy (non-hydrogen) atoms. The van der Waals surface area contributed by atoms with E-state index in [-0.39, 0.29) is 17.9 Å². The van der Waals surface area contributed by atoms with Crippen molar-refractivity contribution in [1.82, 2.24) is 15.6 Å². The van der Waals surface area contributed by atoms with Crippen LogP contribution < -0.4 is 10.6 Å². The standard InChI is InChI=1S/C10H15N3OS/c1-6-3-12-10(15-6)7(2)13-9(14)8-4-11-5-8/h3,7-8,11H,4-5H2,1-2H3,(H,13,14). The van der Waals surface area contributed by atoms with Crippen LogP contribution in [0.1, 0.15) is 22.9 Å². The molecule has 4 nitrogen and oxygen atoms in total. The van der Waals surface area contributed by atoms with Crippen LogP contribution in [0.15, 0.2) is 6.20 Å². The van der Waals surface area contributed by atoms with Crippen LogP contribution in [-0.4, -0.2) is 24.0 Å². The van der Waals surface area contributed by atoms with Gasteiger partial charge in [-0.2, -0.15) is 0 Å². The van der Waals surface area contributed by atoms with Crippen molar-refractivity contribution in [3.63, 3.8) is 0 Å².